The van der Waals surface area contributed by atoms with Gasteiger partial charge in [-0.1, -0.05) is 0 Å². The van der Waals surface area contributed by atoms with E-state index in [2.05, 4.69) is 15.2 Å². The topological polar surface area (TPSA) is 71.2 Å². The van der Waals surface area contributed by atoms with Gasteiger partial charge >= 0.3 is 5.97 Å². The van der Waals surface area contributed by atoms with Crippen LogP contribution < -0.4 is 5.32 Å². The van der Waals surface area contributed by atoms with Crippen molar-refractivity contribution in [1.82, 2.24) is 4.98 Å². The van der Waals surface area contributed by atoms with Crippen molar-refractivity contribution in [2.45, 2.75) is 6.92 Å². The molecule has 1 heterocycles. The highest BCUT2D eigenvalue weighted by molar-refractivity contribution is 5.99. The largest absolute Gasteiger partial charge is 0.395 e. The maximum Gasteiger partial charge on any atom is 0.395 e. The van der Waals surface area contributed by atoms with E-state index in [-0.39, 0.29) is 5.69 Å². The van der Waals surface area contributed by atoms with Crippen LogP contribution in [-0.2, 0) is 9.74 Å². The molecule has 88 valence electrons. The van der Waals surface area contributed by atoms with Crippen molar-refractivity contribution in [3.8, 4) is 0 Å². The molecule has 0 aliphatic heterocycles. The molecular weight excluding hydrogens is 227 g/mol. The van der Waals surface area contributed by atoms with Gasteiger partial charge in [-0.25, -0.2) is 9.74 Å². The number of benzene rings is 1. The molecule has 2 aromatic rings. The monoisotopic (exact) mass is 236 g/mol. The van der Waals surface area contributed by atoms with E-state index in [0.717, 1.165) is 5.39 Å². The number of fused-ring (bicyclic) bond motifs is 1. The average molecular weight is 236 g/mol. The summed E-state index contributed by atoms with van der Waals surface area (Å²) in [5.74, 6) is -1.07. The number of nitrogens with one attached hydrogen (secondary N) is 2. The number of carbonyl (C=O) groups is 2. The van der Waals surface area contributed by atoms with E-state index in [1.54, 1.807) is 25.1 Å². The molecule has 0 atom stereocenters. The Morgan fingerprint density at radius 2 is 2.29 bits per heavy atom. The number of hydrogen-bond donors (Lipinski definition) is 2. The summed E-state index contributed by atoms with van der Waals surface area (Å²) in [7, 11) is 0. The van der Waals surface area contributed by atoms with E-state index in [4.69, 9.17) is 0 Å². The van der Waals surface area contributed by atoms with Crippen LogP contribution in [0.5, 0.6) is 0 Å². The fourth-order valence-electron chi connectivity index (χ4n) is 1.73. The van der Waals surface area contributed by atoms with Gasteiger partial charge in [0, 0.05) is 21.1 Å². The minimum absolute atomic E-state index is 0.0609. The number of anilines is 1. The highest BCUT2D eigenvalue weighted by Gasteiger charge is 2.16. The lowest BCUT2D eigenvalue weighted by atomic mass is 10.1. The Labute approximate surface area is 95.5 Å². The van der Waals surface area contributed by atoms with E-state index < -0.39 is 5.97 Å². The van der Waals surface area contributed by atoms with Gasteiger partial charge in [-0.05, 0) is 30.7 Å². The first-order chi connectivity index (χ1) is 8.17. The standard InChI is InChI=1S/C11H9FN2O3/c1-6-8-4-7(13-5-15)2-3-9(8)14-10(6)11(16)17-12/h2-5,14H,1H3,(H,13,15). The molecule has 0 saturated carbocycles. The summed E-state index contributed by atoms with van der Waals surface area (Å²) in [6.45, 7) is 1.66. The van der Waals surface area contributed by atoms with Crippen LogP contribution >= 0.6 is 0 Å². The smallest absolute Gasteiger partial charge is 0.349 e. The fourth-order valence-corrected chi connectivity index (χ4v) is 1.73. The molecule has 6 heteroatoms. The van der Waals surface area contributed by atoms with E-state index in [9.17, 15) is 14.1 Å². The average Bonchev–Trinajstić information content (AvgIpc) is 2.67. The summed E-state index contributed by atoms with van der Waals surface area (Å²) < 4.78 is 11.9. The zero-order chi connectivity index (χ0) is 12.4. The minimum atomic E-state index is -1.07. The third-order valence-corrected chi connectivity index (χ3v) is 2.56. The molecule has 5 nitrogen and oxygen atoms in total. The molecule has 2 N–H and O–H groups in total. The number of hydrogen-bond acceptors (Lipinski definition) is 3. The quantitative estimate of drug-likeness (QED) is 0.801. The van der Waals surface area contributed by atoms with Crippen LogP contribution in [0.15, 0.2) is 18.2 Å². The first kappa shape index (κ1) is 11.1. The van der Waals surface area contributed by atoms with E-state index >= 15 is 0 Å². The van der Waals surface area contributed by atoms with E-state index in [1.165, 1.54) is 0 Å². The summed E-state index contributed by atoms with van der Waals surface area (Å²) in [6, 6.07) is 5.03. The highest BCUT2D eigenvalue weighted by Crippen LogP contribution is 2.25. The summed E-state index contributed by atoms with van der Waals surface area (Å²) in [4.78, 5) is 27.4. The lowest BCUT2D eigenvalue weighted by molar-refractivity contribution is -0.105. The fraction of sp³-hybridized carbons (Fsp3) is 0.0909. The molecule has 1 aromatic carbocycles. The van der Waals surface area contributed by atoms with Gasteiger partial charge in [0.15, 0.2) is 0 Å². The second kappa shape index (κ2) is 4.25. The third-order valence-electron chi connectivity index (χ3n) is 2.56. The minimum Gasteiger partial charge on any atom is -0.349 e. The van der Waals surface area contributed by atoms with Crippen LogP contribution in [0.3, 0.4) is 0 Å². The third kappa shape index (κ3) is 1.84. The van der Waals surface area contributed by atoms with Gasteiger partial charge in [-0.3, -0.25) is 4.79 Å². The van der Waals surface area contributed by atoms with Crippen molar-refractivity contribution >= 4 is 29.0 Å². The number of aryl methyl sites for hydroxylation is 1. The van der Waals surface area contributed by atoms with Gasteiger partial charge in [0.05, 0.1) is 0 Å². The second-order valence-electron chi connectivity index (χ2n) is 3.51. The van der Waals surface area contributed by atoms with Gasteiger partial charge in [-0.2, -0.15) is 0 Å². The maximum absolute atomic E-state index is 11.9. The predicted molar refractivity (Wildman–Crippen MR) is 59.2 cm³/mol. The van der Waals surface area contributed by atoms with Crippen LogP contribution in [0.4, 0.5) is 10.2 Å². The Morgan fingerprint density at radius 1 is 1.53 bits per heavy atom. The summed E-state index contributed by atoms with van der Waals surface area (Å²) in [5.41, 5.74) is 1.89. The van der Waals surface area contributed by atoms with Gasteiger partial charge < -0.3 is 10.3 Å². The van der Waals surface area contributed by atoms with Crippen molar-refractivity contribution < 1.29 is 19.1 Å². The van der Waals surface area contributed by atoms with E-state index in [0.29, 0.717) is 23.2 Å². The highest BCUT2D eigenvalue weighted by atomic mass is 19.3. The number of H-pyrrole nitrogens is 1. The van der Waals surface area contributed by atoms with Crippen LogP contribution in [0.25, 0.3) is 10.9 Å². The van der Waals surface area contributed by atoms with Crippen molar-refractivity contribution in [3.05, 3.63) is 29.5 Å². The predicted octanol–water partition coefficient (Wildman–Crippen LogP) is 2.09. The first-order valence-corrected chi connectivity index (χ1v) is 4.82. The molecule has 2 rings (SSSR count). The molecule has 17 heavy (non-hydrogen) atoms. The molecule has 0 bridgehead atoms. The van der Waals surface area contributed by atoms with Crippen molar-refractivity contribution in [2.75, 3.05) is 5.32 Å². The molecule has 0 radical (unpaired) electrons. The number of aromatic nitrogens is 1. The molecular formula is C11H9FN2O3. The Hall–Kier alpha value is -2.37. The van der Waals surface area contributed by atoms with Gasteiger partial charge in [-0.15, -0.1) is 0 Å². The zero-order valence-corrected chi connectivity index (χ0v) is 8.91. The molecule has 0 aliphatic carbocycles. The number of carbonyl (C=O) groups excluding carboxylic acids is 2. The van der Waals surface area contributed by atoms with Crippen molar-refractivity contribution in [2.24, 2.45) is 0 Å². The van der Waals surface area contributed by atoms with Gasteiger partial charge in [0.25, 0.3) is 0 Å². The summed E-state index contributed by atoms with van der Waals surface area (Å²) >= 11 is 0. The van der Waals surface area contributed by atoms with Crippen LogP contribution in [0, 0.1) is 6.92 Å². The normalized spacial score (nSPS) is 10.2. The lowest BCUT2D eigenvalue weighted by Gasteiger charge is -1.98. The Morgan fingerprint density at radius 3 is 2.94 bits per heavy atom. The Kier molecular flexibility index (Phi) is 2.78. The molecule has 0 saturated heterocycles. The second-order valence-corrected chi connectivity index (χ2v) is 3.51. The number of halogens is 1. The number of amides is 1. The van der Waals surface area contributed by atoms with Crippen LogP contribution in [0.2, 0.25) is 0 Å². The molecule has 0 aliphatic rings. The summed E-state index contributed by atoms with van der Waals surface area (Å²) in [6.07, 6.45) is 0.555. The molecule has 0 fully saturated rings. The van der Waals surface area contributed by atoms with Gasteiger partial charge in [0.2, 0.25) is 6.41 Å². The van der Waals surface area contributed by atoms with Gasteiger partial charge in [0.1, 0.15) is 5.69 Å². The molecule has 0 unspecified atom stereocenters. The molecule has 1 amide bonds. The maximum atomic E-state index is 11.9. The van der Waals surface area contributed by atoms with Crippen molar-refractivity contribution in [1.29, 1.82) is 0 Å². The first-order valence-electron chi connectivity index (χ1n) is 4.82. The molecule has 1 aromatic heterocycles. The van der Waals surface area contributed by atoms with Crippen LogP contribution in [-0.4, -0.2) is 17.4 Å². The SMILES string of the molecule is Cc1c(C(=O)OF)[nH]c2ccc(NC=O)cc12. The Balaban J connectivity index is 2.58. The van der Waals surface area contributed by atoms with Crippen molar-refractivity contribution in [3.63, 3.8) is 0 Å². The lowest BCUT2D eigenvalue weighted by Crippen LogP contribution is -2.00. The molecule has 0 spiro atoms. The summed E-state index contributed by atoms with van der Waals surface area (Å²) in [5, 5.41) is 3.21. The van der Waals surface area contributed by atoms with Crippen LogP contribution in [0.1, 0.15) is 16.1 Å². The number of aromatic amines is 1. The zero-order valence-electron chi connectivity index (χ0n) is 8.91. The Bertz CT molecular complexity index is 592. The number of rotatable bonds is 3. The van der Waals surface area contributed by atoms with E-state index in [1.807, 2.05) is 0 Å².